The molecule has 70 valence electrons. The molecular formula is C11H10N2O. The van der Waals surface area contributed by atoms with E-state index in [1.807, 2.05) is 6.07 Å². The first-order valence-corrected chi connectivity index (χ1v) is 4.32. The highest BCUT2D eigenvalue weighted by molar-refractivity contribution is 5.77. The molecule has 0 aliphatic rings. The number of H-pyrrole nitrogens is 1. The van der Waals surface area contributed by atoms with Gasteiger partial charge in [0.1, 0.15) is 5.52 Å². The average Bonchev–Trinajstić information content (AvgIpc) is 2.18. The van der Waals surface area contributed by atoms with Gasteiger partial charge in [-0.15, -0.1) is 0 Å². The number of aromatic amines is 1. The number of aromatic nitrogens is 2. The molecule has 0 atom stereocenters. The van der Waals surface area contributed by atoms with Crippen molar-refractivity contribution in [3.8, 4) is 0 Å². The fraction of sp³-hybridized carbons (Fsp3) is 0.0909. The lowest BCUT2D eigenvalue weighted by atomic mass is 10.1. The Labute approximate surface area is 81.1 Å². The second-order valence-corrected chi connectivity index (χ2v) is 3.21. The summed E-state index contributed by atoms with van der Waals surface area (Å²) in [6, 6.07) is 3.62. The van der Waals surface area contributed by atoms with Gasteiger partial charge in [-0.3, -0.25) is 9.78 Å². The summed E-state index contributed by atoms with van der Waals surface area (Å²) in [5.74, 6) is 0. The van der Waals surface area contributed by atoms with E-state index in [0.717, 1.165) is 11.1 Å². The van der Waals surface area contributed by atoms with Gasteiger partial charge in [-0.05, 0) is 24.6 Å². The molecule has 0 saturated heterocycles. The molecule has 0 bridgehead atoms. The Hall–Kier alpha value is -1.90. The van der Waals surface area contributed by atoms with E-state index in [2.05, 4.69) is 16.5 Å². The Bertz CT molecular complexity index is 554. The lowest BCUT2D eigenvalue weighted by Gasteiger charge is -2.00. The standard InChI is InChI=1S/C11H10N2O/c1-7(2)8-6-13-9-4-3-5-12-10(9)11(8)14/h3-6H,1H2,2H3,(H,13,14). The van der Waals surface area contributed by atoms with E-state index in [1.54, 1.807) is 25.4 Å². The van der Waals surface area contributed by atoms with Gasteiger partial charge in [-0.2, -0.15) is 0 Å². The van der Waals surface area contributed by atoms with Crippen molar-refractivity contribution < 1.29 is 0 Å². The Morgan fingerprint density at radius 1 is 1.57 bits per heavy atom. The SMILES string of the molecule is C=C(C)c1c[nH]c2cccnc2c1=O. The maximum Gasteiger partial charge on any atom is 0.215 e. The maximum absolute atomic E-state index is 11.8. The van der Waals surface area contributed by atoms with E-state index >= 15 is 0 Å². The molecule has 0 unspecified atom stereocenters. The highest BCUT2D eigenvalue weighted by atomic mass is 16.1. The van der Waals surface area contributed by atoms with Crippen molar-refractivity contribution in [1.82, 2.24) is 9.97 Å². The van der Waals surface area contributed by atoms with Crippen LogP contribution in [0.1, 0.15) is 12.5 Å². The van der Waals surface area contributed by atoms with Crippen LogP contribution in [-0.2, 0) is 0 Å². The summed E-state index contributed by atoms with van der Waals surface area (Å²) in [7, 11) is 0. The van der Waals surface area contributed by atoms with Crippen LogP contribution in [0.25, 0.3) is 16.6 Å². The molecule has 3 heteroatoms. The van der Waals surface area contributed by atoms with Crippen LogP contribution in [0.3, 0.4) is 0 Å². The molecule has 14 heavy (non-hydrogen) atoms. The second kappa shape index (κ2) is 3.10. The lowest BCUT2D eigenvalue weighted by molar-refractivity contribution is 1.29. The largest absolute Gasteiger partial charge is 0.359 e. The van der Waals surface area contributed by atoms with Gasteiger partial charge in [-0.1, -0.05) is 6.58 Å². The summed E-state index contributed by atoms with van der Waals surface area (Å²) >= 11 is 0. The summed E-state index contributed by atoms with van der Waals surface area (Å²) < 4.78 is 0. The number of hydrogen-bond acceptors (Lipinski definition) is 2. The van der Waals surface area contributed by atoms with Crippen LogP contribution in [0.5, 0.6) is 0 Å². The first-order chi connectivity index (χ1) is 6.70. The third-order valence-electron chi connectivity index (χ3n) is 2.10. The third-order valence-corrected chi connectivity index (χ3v) is 2.10. The highest BCUT2D eigenvalue weighted by Crippen LogP contribution is 2.09. The van der Waals surface area contributed by atoms with Gasteiger partial charge in [0.25, 0.3) is 0 Å². The number of nitrogens with one attached hydrogen (secondary N) is 1. The Morgan fingerprint density at radius 2 is 2.36 bits per heavy atom. The molecule has 0 spiro atoms. The van der Waals surface area contributed by atoms with E-state index in [9.17, 15) is 4.79 Å². The predicted molar refractivity (Wildman–Crippen MR) is 57.1 cm³/mol. The van der Waals surface area contributed by atoms with Crippen molar-refractivity contribution in [3.63, 3.8) is 0 Å². The van der Waals surface area contributed by atoms with Crippen molar-refractivity contribution in [2.45, 2.75) is 6.92 Å². The van der Waals surface area contributed by atoms with Crippen molar-refractivity contribution in [2.24, 2.45) is 0 Å². The fourth-order valence-electron chi connectivity index (χ4n) is 1.36. The smallest absolute Gasteiger partial charge is 0.215 e. The van der Waals surface area contributed by atoms with Crippen LogP contribution in [0.15, 0.2) is 35.9 Å². The molecule has 0 radical (unpaired) electrons. The summed E-state index contributed by atoms with van der Waals surface area (Å²) in [5.41, 5.74) is 2.50. The average molecular weight is 186 g/mol. The minimum absolute atomic E-state index is 0.0631. The molecular weight excluding hydrogens is 176 g/mol. The molecule has 0 amide bonds. The van der Waals surface area contributed by atoms with Crippen LogP contribution < -0.4 is 5.43 Å². The van der Waals surface area contributed by atoms with Crippen LogP contribution >= 0.6 is 0 Å². The first-order valence-electron chi connectivity index (χ1n) is 4.32. The predicted octanol–water partition coefficient (Wildman–Crippen LogP) is 1.96. The molecule has 0 saturated carbocycles. The van der Waals surface area contributed by atoms with E-state index in [0.29, 0.717) is 11.1 Å². The summed E-state index contributed by atoms with van der Waals surface area (Å²) in [4.78, 5) is 18.9. The molecule has 1 N–H and O–H groups in total. The Morgan fingerprint density at radius 3 is 3.07 bits per heavy atom. The topological polar surface area (TPSA) is 45.8 Å². The Balaban J connectivity index is 2.89. The van der Waals surface area contributed by atoms with Crippen molar-refractivity contribution >= 4 is 16.6 Å². The van der Waals surface area contributed by atoms with Crippen molar-refractivity contribution in [3.05, 3.63) is 46.9 Å². The summed E-state index contributed by atoms with van der Waals surface area (Å²) in [5, 5.41) is 0. The van der Waals surface area contributed by atoms with Crippen LogP contribution in [0.2, 0.25) is 0 Å². The van der Waals surface area contributed by atoms with E-state index in [1.165, 1.54) is 0 Å². The number of fused-ring (bicyclic) bond motifs is 1. The first kappa shape index (κ1) is 8.69. The molecule has 2 aromatic heterocycles. The fourth-order valence-corrected chi connectivity index (χ4v) is 1.36. The van der Waals surface area contributed by atoms with Gasteiger partial charge in [0.05, 0.1) is 5.52 Å². The van der Waals surface area contributed by atoms with E-state index in [4.69, 9.17) is 0 Å². The second-order valence-electron chi connectivity index (χ2n) is 3.21. The number of allylic oxidation sites excluding steroid dienone is 1. The quantitative estimate of drug-likeness (QED) is 0.739. The molecule has 0 aromatic carbocycles. The van der Waals surface area contributed by atoms with Crippen LogP contribution in [0.4, 0.5) is 0 Å². The van der Waals surface area contributed by atoms with Gasteiger partial charge in [0.2, 0.25) is 5.43 Å². The summed E-state index contributed by atoms with van der Waals surface area (Å²) in [6.07, 6.45) is 3.29. The molecule has 2 rings (SSSR count). The number of nitrogens with zero attached hydrogens (tertiary/aromatic N) is 1. The van der Waals surface area contributed by atoms with E-state index < -0.39 is 0 Å². The normalized spacial score (nSPS) is 10.4. The maximum atomic E-state index is 11.8. The van der Waals surface area contributed by atoms with Crippen LogP contribution in [-0.4, -0.2) is 9.97 Å². The van der Waals surface area contributed by atoms with Gasteiger partial charge in [0.15, 0.2) is 0 Å². The molecule has 0 aliphatic carbocycles. The summed E-state index contributed by atoms with van der Waals surface area (Å²) in [6.45, 7) is 5.55. The highest BCUT2D eigenvalue weighted by Gasteiger charge is 2.05. The van der Waals surface area contributed by atoms with Gasteiger partial charge >= 0.3 is 0 Å². The zero-order valence-electron chi connectivity index (χ0n) is 7.87. The lowest BCUT2D eigenvalue weighted by Crippen LogP contribution is -2.09. The number of pyridine rings is 2. The van der Waals surface area contributed by atoms with Crippen LogP contribution in [0, 0.1) is 0 Å². The third kappa shape index (κ3) is 1.23. The van der Waals surface area contributed by atoms with E-state index in [-0.39, 0.29) is 5.43 Å². The molecule has 0 fully saturated rings. The molecule has 0 aliphatic heterocycles. The Kier molecular flexibility index (Phi) is 1.93. The van der Waals surface area contributed by atoms with Gasteiger partial charge < -0.3 is 4.98 Å². The van der Waals surface area contributed by atoms with Gasteiger partial charge in [0, 0.05) is 18.0 Å². The minimum Gasteiger partial charge on any atom is -0.359 e. The molecule has 2 aromatic rings. The van der Waals surface area contributed by atoms with Crippen molar-refractivity contribution in [1.29, 1.82) is 0 Å². The number of hydrogen-bond donors (Lipinski definition) is 1. The zero-order chi connectivity index (χ0) is 10.1. The monoisotopic (exact) mass is 186 g/mol. The molecule has 2 heterocycles. The van der Waals surface area contributed by atoms with Gasteiger partial charge in [-0.25, -0.2) is 0 Å². The van der Waals surface area contributed by atoms with Crippen molar-refractivity contribution in [2.75, 3.05) is 0 Å². The minimum atomic E-state index is -0.0631. The molecule has 3 nitrogen and oxygen atoms in total. The zero-order valence-corrected chi connectivity index (χ0v) is 7.87. The number of rotatable bonds is 1.